The van der Waals surface area contributed by atoms with Crippen molar-refractivity contribution < 1.29 is 18.8 Å². The number of terminal acetylenes is 1. The smallest absolute Gasteiger partial charge is 0.207 e. The summed E-state index contributed by atoms with van der Waals surface area (Å²) in [6.45, 7) is 17.5. The second kappa shape index (κ2) is 40.5. The maximum absolute atomic E-state index is 10.1. The number of quaternary nitrogens is 1. The second-order valence-corrected chi connectivity index (χ2v) is 12.4. The van der Waals surface area contributed by atoms with E-state index in [9.17, 15) is 4.79 Å². The molecule has 1 aliphatic carbocycles. The summed E-state index contributed by atoms with van der Waals surface area (Å²) in [6, 6.07) is 28.6. The summed E-state index contributed by atoms with van der Waals surface area (Å²) in [5, 5.41) is 2.69. The number of nitrogens with one attached hydrogen (secondary N) is 1. The number of hydrogen-bond acceptors (Lipinski definition) is 3. The molecule has 0 bridgehead atoms. The molecule has 0 saturated carbocycles. The summed E-state index contributed by atoms with van der Waals surface area (Å²) in [5.74, 6) is 2.44. The number of carbonyl (C=O) groups is 1. The molecule has 0 fully saturated rings. The van der Waals surface area contributed by atoms with Crippen LogP contribution in [-0.2, 0) is 17.8 Å². The Morgan fingerprint density at radius 3 is 1.62 bits per heavy atom. The van der Waals surface area contributed by atoms with Gasteiger partial charge in [0.1, 0.15) is 18.1 Å². The van der Waals surface area contributed by atoms with Gasteiger partial charge in [0.25, 0.3) is 0 Å². The Kier molecular flexibility index (Phi) is 40.6. The number of nitrogens with zero attached hydrogens (tertiary/aromatic N) is 1. The molecule has 1 unspecified atom stereocenters. The Bertz CT molecular complexity index is 1230. The van der Waals surface area contributed by atoms with Crippen molar-refractivity contribution in [2.24, 2.45) is 5.92 Å². The molecule has 1 aliphatic rings. The van der Waals surface area contributed by atoms with Gasteiger partial charge in [-0.3, -0.25) is 4.79 Å². The van der Waals surface area contributed by atoms with Gasteiger partial charge in [-0.05, 0) is 73.9 Å². The molecular formula is C48H77N2O3+. The van der Waals surface area contributed by atoms with Crippen LogP contribution >= 0.6 is 0 Å². The molecular weight excluding hydrogens is 653 g/mol. The zero-order chi connectivity index (χ0) is 40.4. The highest BCUT2D eigenvalue weighted by Gasteiger charge is 2.05. The van der Waals surface area contributed by atoms with Crippen molar-refractivity contribution in [1.29, 1.82) is 0 Å². The lowest BCUT2D eigenvalue weighted by Gasteiger charge is -2.20. The van der Waals surface area contributed by atoms with E-state index in [0.29, 0.717) is 12.5 Å². The molecule has 0 heterocycles. The second-order valence-electron chi connectivity index (χ2n) is 12.4. The first-order chi connectivity index (χ1) is 25.9. The Labute approximate surface area is 327 Å². The molecule has 5 heteroatoms. The average molecular weight is 730 g/mol. The molecule has 4 rings (SSSR count). The Morgan fingerprint density at radius 1 is 0.679 bits per heavy atom. The average Bonchev–Trinajstić information content (AvgIpc) is 3.23. The Balaban J connectivity index is -0.000000767. The van der Waals surface area contributed by atoms with E-state index < -0.39 is 0 Å². The topological polar surface area (TPSA) is 47.6 Å². The number of amides is 1. The monoisotopic (exact) mass is 730 g/mol. The van der Waals surface area contributed by atoms with Gasteiger partial charge in [0.2, 0.25) is 6.41 Å². The summed E-state index contributed by atoms with van der Waals surface area (Å²) in [4.78, 5) is 10.1. The van der Waals surface area contributed by atoms with Gasteiger partial charge >= 0.3 is 0 Å². The number of rotatable bonds is 17. The van der Waals surface area contributed by atoms with E-state index in [1.807, 2.05) is 84.0 Å². The van der Waals surface area contributed by atoms with Crippen LogP contribution in [0.1, 0.15) is 105 Å². The van der Waals surface area contributed by atoms with Crippen molar-refractivity contribution in [3.05, 3.63) is 120 Å². The highest BCUT2D eigenvalue weighted by Crippen LogP contribution is 2.19. The Morgan fingerprint density at radius 2 is 1.15 bits per heavy atom. The van der Waals surface area contributed by atoms with Crippen molar-refractivity contribution in [1.82, 2.24) is 5.32 Å². The fraction of sp³-hybridized carbons (Fsp3) is 0.479. The van der Waals surface area contributed by atoms with Crippen molar-refractivity contribution in [2.45, 2.75) is 106 Å². The summed E-state index contributed by atoms with van der Waals surface area (Å²) >= 11 is 0. The van der Waals surface area contributed by atoms with Crippen LogP contribution in [0.15, 0.2) is 109 Å². The third-order valence-corrected chi connectivity index (χ3v) is 7.50. The third-order valence-electron chi connectivity index (χ3n) is 7.50. The van der Waals surface area contributed by atoms with Gasteiger partial charge in [-0.25, -0.2) is 0 Å². The van der Waals surface area contributed by atoms with Crippen LogP contribution in [0, 0.1) is 18.8 Å². The third kappa shape index (κ3) is 34.6. The standard InChI is InChI=1S/C22H29NO3.C13H14.C5H14N.3C2H6.C2H2/c24-19-23-16-8-3-1-2-4-9-17-25-21-12-14-22(15-13-21)26-18-20-10-6-5-7-11-20;1-3-7-12(8-4-1)11-13-9-5-2-6-10-13;1-5-6(2,3)4;4*1-2/h5-7,10-15,19H,1-4,8-9,16-18H2,(H,23,24);1-9,13H,10-11H2;5H2,1-4H3;3*1-2H3;1-2H/q;;+1;;;;. The molecule has 3 aromatic rings. The number of ether oxygens (including phenoxy) is 2. The first kappa shape index (κ1) is 53.1. The van der Waals surface area contributed by atoms with Crippen LogP contribution in [0.2, 0.25) is 0 Å². The predicted molar refractivity (Wildman–Crippen MR) is 234 cm³/mol. The number of allylic oxidation sites excluding steroid dienone is 4. The molecule has 3 aromatic carbocycles. The highest BCUT2D eigenvalue weighted by molar-refractivity contribution is 5.45. The fourth-order valence-corrected chi connectivity index (χ4v) is 4.36. The van der Waals surface area contributed by atoms with Crippen LogP contribution in [-0.4, -0.2) is 51.7 Å². The van der Waals surface area contributed by atoms with Gasteiger partial charge in [0.05, 0.1) is 34.3 Å². The van der Waals surface area contributed by atoms with E-state index in [-0.39, 0.29) is 0 Å². The zero-order valence-corrected chi connectivity index (χ0v) is 35.4. The molecule has 0 spiro atoms. The number of carbonyl (C=O) groups excluding carboxylic acids is 1. The number of benzene rings is 3. The van der Waals surface area contributed by atoms with Gasteiger partial charge in [-0.1, -0.05) is 152 Å². The van der Waals surface area contributed by atoms with E-state index in [0.717, 1.165) is 53.9 Å². The summed E-state index contributed by atoms with van der Waals surface area (Å²) in [5.41, 5.74) is 2.60. The van der Waals surface area contributed by atoms with Crippen molar-refractivity contribution in [2.75, 3.05) is 40.8 Å². The van der Waals surface area contributed by atoms with E-state index >= 15 is 0 Å². The van der Waals surface area contributed by atoms with Crippen LogP contribution in [0.3, 0.4) is 0 Å². The van der Waals surface area contributed by atoms with Gasteiger partial charge in [0.15, 0.2) is 0 Å². The lowest BCUT2D eigenvalue weighted by Crippen LogP contribution is -2.33. The van der Waals surface area contributed by atoms with E-state index in [1.165, 1.54) is 50.6 Å². The Hall–Kier alpha value is -4.27. The quantitative estimate of drug-likeness (QED) is 0.0651. The SMILES string of the molecule is C#C.C1=CCC(Cc2ccccc2)C=C1.CC.CC.CC.CC[N+](C)(C)C.O=CNCCCCCCCCOc1ccc(OCc2ccccc2)cc1. The van der Waals surface area contributed by atoms with Crippen molar-refractivity contribution in [3.8, 4) is 24.3 Å². The summed E-state index contributed by atoms with van der Waals surface area (Å²) in [7, 11) is 6.54. The molecule has 1 amide bonds. The van der Waals surface area contributed by atoms with E-state index in [4.69, 9.17) is 9.47 Å². The van der Waals surface area contributed by atoms with E-state index in [2.05, 4.69) is 113 Å². The van der Waals surface area contributed by atoms with Crippen molar-refractivity contribution >= 4 is 6.41 Å². The van der Waals surface area contributed by atoms with Gasteiger partial charge in [0, 0.05) is 6.54 Å². The van der Waals surface area contributed by atoms with Gasteiger partial charge < -0.3 is 19.3 Å². The molecule has 0 aliphatic heterocycles. The van der Waals surface area contributed by atoms with Crippen LogP contribution < -0.4 is 14.8 Å². The molecule has 53 heavy (non-hydrogen) atoms. The minimum atomic E-state index is 0.576. The molecule has 0 aromatic heterocycles. The number of hydrogen-bond donors (Lipinski definition) is 1. The zero-order valence-electron chi connectivity index (χ0n) is 35.4. The maximum Gasteiger partial charge on any atom is 0.207 e. The minimum Gasteiger partial charge on any atom is -0.494 e. The molecule has 1 atom stereocenters. The molecule has 0 radical (unpaired) electrons. The summed E-state index contributed by atoms with van der Waals surface area (Å²) < 4.78 is 12.6. The lowest BCUT2D eigenvalue weighted by molar-refractivity contribution is -0.868. The normalized spacial score (nSPS) is 11.8. The lowest BCUT2D eigenvalue weighted by atomic mass is 9.93. The predicted octanol–water partition coefficient (Wildman–Crippen LogP) is 12.1. The van der Waals surface area contributed by atoms with Crippen molar-refractivity contribution in [3.63, 3.8) is 0 Å². The highest BCUT2D eigenvalue weighted by atomic mass is 16.5. The molecule has 5 nitrogen and oxygen atoms in total. The molecule has 0 saturated heterocycles. The fourth-order valence-electron chi connectivity index (χ4n) is 4.36. The van der Waals surface area contributed by atoms with E-state index in [1.54, 1.807) is 0 Å². The first-order valence-electron chi connectivity index (χ1n) is 20.0. The summed E-state index contributed by atoms with van der Waals surface area (Å²) in [6.07, 6.45) is 26.9. The minimum absolute atomic E-state index is 0.576. The van der Waals surface area contributed by atoms with Gasteiger partial charge in [-0.15, -0.1) is 12.8 Å². The maximum atomic E-state index is 10.1. The van der Waals surface area contributed by atoms with Crippen LogP contribution in [0.5, 0.6) is 11.5 Å². The van der Waals surface area contributed by atoms with Crippen LogP contribution in [0.4, 0.5) is 0 Å². The first-order valence-corrected chi connectivity index (χ1v) is 20.0. The van der Waals surface area contributed by atoms with Crippen LogP contribution in [0.25, 0.3) is 0 Å². The largest absolute Gasteiger partial charge is 0.494 e. The molecule has 296 valence electrons. The number of unbranched alkanes of at least 4 members (excludes halogenated alkanes) is 5. The van der Waals surface area contributed by atoms with Gasteiger partial charge in [-0.2, -0.15) is 0 Å². The molecule has 1 N–H and O–H groups in total.